The Labute approximate surface area is 170 Å². The molecule has 1 amide bonds. The molecule has 1 atom stereocenters. The second-order valence-electron chi connectivity index (χ2n) is 6.65. The van der Waals surface area contributed by atoms with Gasteiger partial charge in [0.15, 0.2) is 0 Å². The van der Waals surface area contributed by atoms with Crippen molar-refractivity contribution in [2.75, 3.05) is 25.0 Å². The number of rotatable bonds is 9. The second kappa shape index (κ2) is 9.21. The third-order valence-electron chi connectivity index (χ3n) is 5.00. The number of nitrogens with one attached hydrogen (secondary N) is 1. The fourth-order valence-corrected chi connectivity index (χ4v) is 3.49. The van der Waals surface area contributed by atoms with Crippen LogP contribution < -0.4 is 5.32 Å². The van der Waals surface area contributed by atoms with Crippen molar-refractivity contribution in [3.8, 4) is 0 Å². The Kier molecular flexibility index (Phi) is 6.70. The van der Waals surface area contributed by atoms with Crippen LogP contribution in [0.4, 0.5) is 5.95 Å². The summed E-state index contributed by atoms with van der Waals surface area (Å²) in [6.07, 6.45) is 3.80. The molecule has 150 valence electrons. The third kappa shape index (κ3) is 4.36. The van der Waals surface area contributed by atoms with Gasteiger partial charge in [-0.05, 0) is 31.6 Å². The highest BCUT2D eigenvalue weighted by Crippen LogP contribution is 2.22. The van der Waals surface area contributed by atoms with Crippen LogP contribution >= 0.6 is 11.6 Å². The predicted molar refractivity (Wildman–Crippen MR) is 113 cm³/mol. The molecule has 0 aliphatic heterocycles. The summed E-state index contributed by atoms with van der Waals surface area (Å²) in [4.78, 5) is 20.0. The average molecular weight is 403 g/mol. The van der Waals surface area contributed by atoms with Crippen molar-refractivity contribution in [2.45, 2.75) is 39.8 Å². The molecule has 3 rings (SSSR count). The molecular formula is C20H27ClN6O. The minimum absolute atomic E-state index is 0.151. The van der Waals surface area contributed by atoms with Gasteiger partial charge in [-0.1, -0.05) is 44.5 Å². The van der Waals surface area contributed by atoms with Crippen molar-refractivity contribution >= 4 is 34.5 Å². The summed E-state index contributed by atoms with van der Waals surface area (Å²) < 4.78 is 3.68. The number of aromatic nitrogens is 4. The molecule has 1 unspecified atom stereocenters. The van der Waals surface area contributed by atoms with Crippen molar-refractivity contribution in [1.29, 1.82) is 0 Å². The van der Waals surface area contributed by atoms with Gasteiger partial charge >= 0.3 is 0 Å². The Morgan fingerprint density at radius 1 is 1.25 bits per heavy atom. The van der Waals surface area contributed by atoms with Crippen LogP contribution in [0.1, 0.15) is 33.2 Å². The number of imidazole rings is 1. The van der Waals surface area contributed by atoms with E-state index in [1.807, 2.05) is 31.2 Å². The molecule has 0 bridgehead atoms. The number of para-hydroxylation sites is 2. The summed E-state index contributed by atoms with van der Waals surface area (Å²) in [5.41, 5.74) is 1.88. The van der Waals surface area contributed by atoms with E-state index in [0.29, 0.717) is 17.4 Å². The zero-order valence-corrected chi connectivity index (χ0v) is 17.4. The molecule has 0 saturated carbocycles. The molecule has 2 heterocycles. The van der Waals surface area contributed by atoms with Gasteiger partial charge in [-0.25, -0.2) is 4.98 Å². The number of hydrogen-bond acceptors (Lipinski definition) is 4. The summed E-state index contributed by atoms with van der Waals surface area (Å²) in [7, 11) is 0. The van der Waals surface area contributed by atoms with Gasteiger partial charge in [-0.3, -0.25) is 14.8 Å². The van der Waals surface area contributed by atoms with Crippen LogP contribution in [0, 0.1) is 0 Å². The van der Waals surface area contributed by atoms with Gasteiger partial charge < -0.3 is 9.47 Å². The molecule has 1 aromatic carbocycles. The highest BCUT2D eigenvalue weighted by atomic mass is 35.5. The van der Waals surface area contributed by atoms with Crippen molar-refractivity contribution in [2.24, 2.45) is 0 Å². The Morgan fingerprint density at radius 2 is 2.00 bits per heavy atom. The van der Waals surface area contributed by atoms with Crippen LogP contribution in [0.25, 0.3) is 11.0 Å². The largest absolute Gasteiger partial charge is 0.309 e. The smallest absolute Gasteiger partial charge is 0.251 e. The van der Waals surface area contributed by atoms with E-state index in [1.165, 1.54) is 6.20 Å². The maximum Gasteiger partial charge on any atom is 0.251 e. The van der Waals surface area contributed by atoms with E-state index in [4.69, 9.17) is 11.6 Å². The van der Waals surface area contributed by atoms with E-state index in [9.17, 15) is 4.79 Å². The first kappa shape index (κ1) is 20.4. The number of benzene rings is 1. The molecule has 0 radical (unpaired) electrons. The average Bonchev–Trinajstić information content (AvgIpc) is 3.27. The lowest BCUT2D eigenvalue weighted by atomic mass is 10.2. The Balaban J connectivity index is 1.86. The topological polar surface area (TPSA) is 68.0 Å². The summed E-state index contributed by atoms with van der Waals surface area (Å²) in [6.45, 7) is 9.87. The number of carbonyl (C=O) groups excluding carboxylic acids is 1. The molecule has 0 fully saturated rings. The second-order valence-corrected chi connectivity index (χ2v) is 7.09. The van der Waals surface area contributed by atoms with Crippen molar-refractivity contribution in [3.05, 3.63) is 41.7 Å². The fraction of sp³-hybridized carbons (Fsp3) is 0.450. The van der Waals surface area contributed by atoms with E-state index < -0.39 is 6.04 Å². The maximum absolute atomic E-state index is 13.0. The lowest BCUT2D eigenvalue weighted by Crippen LogP contribution is -2.29. The Bertz CT molecular complexity index is 930. The number of hydrogen-bond donors (Lipinski definition) is 1. The fourth-order valence-electron chi connectivity index (χ4n) is 3.35. The quantitative estimate of drug-likeness (QED) is 0.590. The zero-order valence-electron chi connectivity index (χ0n) is 16.6. The number of carbonyl (C=O) groups is 1. The van der Waals surface area contributed by atoms with Gasteiger partial charge in [-0.2, -0.15) is 5.10 Å². The third-order valence-corrected chi connectivity index (χ3v) is 5.20. The zero-order chi connectivity index (χ0) is 20.1. The summed E-state index contributed by atoms with van der Waals surface area (Å²) in [6, 6.07) is 7.50. The van der Waals surface area contributed by atoms with Crippen LogP contribution in [0.5, 0.6) is 0 Å². The normalized spacial score (nSPS) is 12.6. The van der Waals surface area contributed by atoms with Crippen molar-refractivity contribution in [3.63, 3.8) is 0 Å². The number of fused-ring (bicyclic) bond motifs is 1. The van der Waals surface area contributed by atoms with Crippen LogP contribution in [0.3, 0.4) is 0 Å². The number of anilines is 1. The Morgan fingerprint density at radius 3 is 2.64 bits per heavy atom. The standard InChI is InChI=1S/C20H27ClN6O/c1-4-17(27-14-15(21)13-22-27)19(28)24-20-23-16-9-7-8-10-18(16)26(20)12-11-25(5-2)6-3/h7-10,13-14,17H,4-6,11-12H2,1-3H3,(H,23,24,28). The molecule has 2 aromatic heterocycles. The highest BCUT2D eigenvalue weighted by Gasteiger charge is 2.22. The highest BCUT2D eigenvalue weighted by molar-refractivity contribution is 6.30. The minimum Gasteiger partial charge on any atom is -0.309 e. The van der Waals surface area contributed by atoms with Gasteiger partial charge in [0.2, 0.25) is 5.95 Å². The number of nitrogens with zero attached hydrogens (tertiary/aromatic N) is 5. The van der Waals surface area contributed by atoms with E-state index >= 15 is 0 Å². The SMILES string of the molecule is CCC(C(=O)Nc1nc2ccccc2n1CCN(CC)CC)n1cc(Cl)cn1. The van der Waals surface area contributed by atoms with Crippen LogP contribution in [0.2, 0.25) is 5.02 Å². The molecule has 28 heavy (non-hydrogen) atoms. The van der Waals surface area contributed by atoms with E-state index in [-0.39, 0.29) is 5.91 Å². The van der Waals surface area contributed by atoms with E-state index in [1.54, 1.807) is 10.9 Å². The van der Waals surface area contributed by atoms with Crippen LogP contribution in [0.15, 0.2) is 36.7 Å². The molecule has 3 aromatic rings. The molecule has 7 nitrogen and oxygen atoms in total. The first-order valence-corrected chi connectivity index (χ1v) is 10.1. The maximum atomic E-state index is 13.0. The first-order valence-electron chi connectivity index (χ1n) is 9.75. The lowest BCUT2D eigenvalue weighted by molar-refractivity contribution is -0.119. The lowest BCUT2D eigenvalue weighted by Gasteiger charge is -2.20. The minimum atomic E-state index is -0.441. The number of likely N-dealkylation sites (N-methyl/N-ethyl adjacent to an activating group) is 1. The number of amides is 1. The van der Waals surface area contributed by atoms with Gasteiger partial charge in [0.1, 0.15) is 6.04 Å². The van der Waals surface area contributed by atoms with E-state index in [2.05, 4.69) is 38.7 Å². The van der Waals surface area contributed by atoms with E-state index in [0.717, 1.165) is 37.2 Å². The van der Waals surface area contributed by atoms with Gasteiger partial charge in [-0.15, -0.1) is 0 Å². The monoisotopic (exact) mass is 402 g/mol. The van der Waals surface area contributed by atoms with Crippen LogP contribution in [-0.4, -0.2) is 49.8 Å². The van der Waals surface area contributed by atoms with Gasteiger partial charge in [0.05, 0.1) is 22.3 Å². The van der Waals surface area contributed by atoms with Crippen molar-refractivity contribution < 1.29 is 4.79 Å². The van der Waals surface area contributed by atoms with Crippen molar-refractivity contribution in [1.82, 2.24) is 24.2 Å². The molecule has 0 spiro atoms. The molecule has 1 N–H and O–H groups in total. The van der Waals surface area contributed by atoms with Crippen LogP contribution in [-0.2, 0) is 11.3 Å². The first-order chi connectivity index (χ1) is 13.6. The predicted octanol–water partition coefficient (Wildman–Crippen LogP) is 3.82. The summed E-state index contributed by atoms with van der Waals surface area (Å²) in [5.74, 6) is 0.414. The molecule has 8 heteroatoms. The molecular weight excluding hydrogens is 376 g/mol. The van der Waals surface area contributed by atoms with Gasteiger partial charge in [0, 0.05) is 19.3 Å². The summed E-state index contributed by atoms with van der Waals surface area (Å²) in [5, 5.41) is 7.71. The molecule has 0 aliphatic carbocycles. The van der Waals surface area contributed by atoms with Gasteiger partial charge in [0.25, 0.3) is 5.91 Å². The number of halogens is 1. The summed E-state index contributed by atoms with van der Waals surface area (Å²) >= 11 is 5.97. The molecule has 0 saturated heterocycles. The Hall–Kier alpha value is -2.38. The molecule has 0 aliphatic rings.